The second-order valence-corrected chi connectivity index (χ2v) is 4.97. The molecule has 0 aromatic heterocycles. The van der Waals surface area contributed by atoms with E-state index >= 15 is 0 Å². The number of rotatable bonds is 3. The molecule has 1 fully saturated rings. The number of likely N-dealkylation sites (tertiary alicyclic amines) is 1. The van der Waals surface area contributed by atoms with Gasteiger partial charge in [0.2, 0.25) is 0 Å². The van der Waals surface area contributed by atoms with Crippen molar-refractivity contribution >= 4 is 5.91 Å². The van der Waals surface area contributed by atoms with Crippen molar-refractivity contribution in [2.24, 2.45) is 5.92 Å². The van der Waals surface area contributed by atoms with Crippen molar-refractivity contribution < 1.29 is 20.1 Å². The van der Waals surface area contributed by atoms with Crippen LogP contribution in [-0.2, 0) is 0 Å². The molecule has 1 atom stereocenters. The molecule has 0 bridgehead atoms. The number of hydrogen-bond donors (Lipinski definition) is 3. The first-order chi connectivity index (χ1) is 9.11. The van der Waals surface area contributed by atoms with Crippen LogP contribution in [0.1, 0.15) is 29.6 Å². The lowest BCUT2D eigenvalue weighted by Gasteiger charge is -2.32. The summed E-state index contributed by atoms with van der Waals surface area (Å²) in [7, 11) is 0. The van der Waals surface area contributed by atoms with Gasteiger partial charge in [0.15, 0.2) is 0 Å². The minimum absolute atomic E-state index is 0.0370. The van der Waals surface area contributed by atoms with Gasteiger partial charge in [-0.3, -0.25) is 4.79 Å². The summed E-state index contributed by atoms with van der Waals surface area (Å²) in [5.74, 6) is -0.115. The van der Waals surface area contributed by atoms with Gasteiger partial charge in [-0.25, -0.2) is 0 Å². The number of carbonyl (C=O) groups is 1. The Bertz CT molecular complexity index is 459. The van der Waals surface area contributed by atoms with Gasteiger partial charge in [-0.2, -0.15) is 0 Å². The Morgan fingerprint density at radius 1 is 1.37 bits per heavy atom. The van der Waals surface area contributed by atoms with Crippen LogP contribution in [0.3, 0.4) is 0 Å². The van der Waals surface area contributed by atoms with E-state index in [4.69, 9.17) is 5.11 Å². The van der Waals surface area contributed by atoms with Crippen LogP contribution in [-0.4, -0.2) is 45.8 Å². The molecule has 1 saturated heterocycles. The number of benzene rings is 1. The van der Waals surface area contributed by atoms with Crippen molar-refractivity contribution in [3.63, 3.8) is 0 Å². The first-order valence-electron chi connectivity index (χ1n) is 6.54. The van der Waals surface area contributed by atoms with E-state index in [1.54, 1.807) is 4.90 Å². The molecular formula is C14H19NO4. The number of nitrogens with zero attached hydrogens (tertiary/aromatic N) is 1. The van der Waals surface area contributed by atoms with Crippen molar-refractivity contribution in [1.29, 1.82) is 0 Å². The van der Waals surface area contributed by atoms with Gasteiger partial charge in [0, 0.05) is 19.7 Å². The monoisotopic (exact) mass is 265 g/mol. The SMILES string of the molecule is O=C(c1cc(O)ccc1O)N1CCCC(CCO)C1. The van der Waals surface area contributed by atoms with Gasteiger partial charge in [-0.05, 0) is 43.4 Å². The quantitative estimate of drug-likeness (QED) is 0.720. The maximum atomic E-state index is 12.3. The first-order valence-corrected chi connectivity index (χ1v) is 6.54. The normalized spacial score (nSPS) is 19.4. The number of phenols is 2. The number of aliphatic hydroxyl groups excluding tert-OH is 1. The molecule has 0 spiro atoms. The van der Waals surface area contributed by atoms with Crippen LogP contribution in [0, 0.1) is 5.92 Å². The molecule has 104 valence electrons. The first kappa shape index (κ1) is 13.7. The molecule has 1 heterocycles. The molecule has 3 N–H and O–H groups in total. The number of aromatic hydroxyl groups is 2. The van der Waals surface area contributed by atoms with E-state index < -0.39 is 0 Å². The summed E-state index contributed by atoms with van der Waals surface area (Å²) in [4.78, 5) is 14.0. The van der Waals surface area contributed by atoms with Crippen molar-refractivity contribution in [2.75, 3.05) is 19.7 Å². The Labute approximate surface area is 112 Å². The van der Waals surface area contributed by atoms with Crippen LogP contribution in [0.15, 0.2) is 18.2 Å². The Morgan fingerprint density at radius 2 is 2.16 bits per heavy atom. The second kappa shape index (κ2) is 5.93. The standard InChI is InChI=1S/C14H19NO4/c16-7-5-10-2-1-6-15(9-10)14(19)12-8-11(17)3-4-13(12)18/h3-4,8,10,16-18H,1-2,5-7,9H2. The largest absolute Gasteiger partial charge is 0.508 e. The molecule has 1 amide bonds. The lowest BCUT2D eigenvalue weighted by Crippen LogP contribution is -2.40. The van der Waals surface area contributed by atoms with E-state index in [1.807, 2.05) is 0 Å². The molecular weight excluding hydrogens is 246 g/mol. The maximum absolute atomic E-state index is 12.3. The highest BCUT2D eigenvalue weighted by molar-refractivity contribution is 5.97. The lowest BCUT2D eigenvalue weighted by molar-refractivity contribution is 0.0650. The second-order valence-electron chi connectivity index (χ2n) is 4.97. The van der Waals surface area contributed by atoms with E-state index in [1.165, 1.54) is 18.2 Å². The van der Waals surface area contributed by atoms with E-state index in [0.29, 0.717) is 25.4 Å². The van der Waals surface area contributed by atoms with Gasteiger partial charge < -0.3 is 20.2 Å². The topological polar surface area (TPSA) is 81.0 Å². The van der Waals surface area contributed by atoms with E-state index in [2.05, 4.69) is 0 Å². The van der Waals surface area contributed by atoms with Gasteiger partial charge in [0.25, 0.3) is 5.91 Å². The van der Waals surface area contributed by atoms with Crippen LogP contribution in [0.2, 0.25) is 0 Å². The maximum Gasteiger partial charge on any atom is 0.257 e. The summed E-state index contributed by atoms with van der Waals surface area (Å²) in [6.45, 7) is 1.37. The molecule has 1 aromatic rings. The van der Waals surface area contributed by atoms with E-state index in [9.17, 15) is 15.0 Å². The number of aliphatic hydroxyl groups is 1. The number of amides is 1. The molecule has 0 radical (unpaired) electrons. The number of piperidine rings is 1. The molecule has 1 aliphatic heterocycles. The summed E-state index contributed by atoms with van der Waals surface area (Å²) in [6.07, 6.45) is 2.60. The van der Waals surface area contributed by atoms with Crippen molar-refractivity contribution in [2.45, 2.75) is 19.3 Å². The Morgan fingerprint density at radius 3 is 2.89 bits per heavy atom. The molecule has 5 heteroatoms. The van der Waals surface area contributed by atoms with Crippen molar-refractivity contribution in [3.05, 3.63) is 23.8 Å². The van der Waals surface area contributed by atoms with Crippen LogP contribution in [0.4, 0.5) is 0 Å². The van der Waals surface area contributed by atoms with Crippen LogP contribution >= 0.6 is 0 Å². The molecule has 1 aliphatic rings. The fraction of sp³-hybridized carbons (Fsp3) is 0.500. The van der Waals surface area contributed by atoms with Gasteiger partial charge in [0.05, 0.1) is 5.56 Å². The molecule has 0 aliphatic carbocycles. The minimum Gasteiger partial charge on any atom is -0.508 e. The Kier molecular flexibility index (Phi) is 4.27. The molecule has 19 heavy (non-hydrogen) atoms. The number of carbonyl (C=O) groups excluding carboxylic acids is 1. The minimum atomic E-state index is -0.268. The third kappa shape index (κ3) is 3.17. The fourth-order valence-corrected chi connectivity index (χ4v) is 2.53. The molecule has 2 rings (SSSR count). The molecule has 1 aromatic carbocycles. The van der Waals surface area contributed by atoms with Gasteiger partial charge in [-0.15, -0.1) is 0 Å². The van der Waals surface area contributed by atoms with Gasteiger partial charge in [-0.1, -0.05) is 0 Å². The third-order valence-corrected chi connectivity index (χ3v) is 3.55. The zero-order chi connectivity index (χ0) is 13.8. The number of hydrogen-bond acceptors (Lipinski definition) is 4. The smallest absolute Gasteiger partial charge is 0.257 e. The predicted octanol–water partition coefficient (Wildman–Crippen LogP) is 1.33. The Hall–Kier alpha value is -1.75. The average Bonchev–Trinajstić information content (AvgIpc) is 2.41. The summed E-state index contributed by atoms with van der Waals surface area (Å²) in [5.41, 5.74) is 0.129. The van der Waals surface area contributed by atoms with Crippen molar-refractivity contribution in [1.82, 2.24) is 4.90 Å². The van der Waals surface area contributed by atoms with Crippen LogP contribution in [0.25, 0.3) is 0 Å². The van der Waals surface area contributed by atoms with E-state index in [0.717, 1.165) is 12.8 Å². The molecule has 0 saturated carbocycles. The zero-order valence-electron chi connectivity index (χ0n) is 10.7. The fourth-order valence-electron chi connectivity index (χ4n) is 2.53. The van der Waals surface area contributed by atoms with Crippen LogP contribution in [0.5, 0.6) is 11.5 Å². The Balaban J connectivity index is 2.12. The summed E-state index contributed by atoms with van der Waals surface area (Å²) < 4.78 is 0. The predicted molar refractivity (Wildman–Crippen MR) is 70.1 cm³/mol. The highest BCUT2D eigenvalue weighted by Gasteiger charge is 2.25. The van der Waals surface area contributed by atoms with E-state index in [-0.39, 0.29) is 29.6 Å². The lowest BCUT2D eigenvalue weighted by atomic mass is 9.94. The van der Waals surface area contributed by atoms with Crippen LogP contribution < -0.4 is 0 Å². The molecule has 1 unspecified atom stereocenters. The summed E-state index contributed by atoms with van der Waals surface area (Å²) >= 11 is 0. The average molecular weight is 265 g/mol. The highest BCUT2D eigenvalue weighted by atomic mass is 16.3. The van der Waals surface area contributed by atoms with Gasteiger partial charge in [0.1, 0.15) is 11.5 Å². The summed E-state index contributed by atoms with van der Waals surface area (Å²) in [6, 6.07) is 3.95. The third-order valence-electron chi connectivity index (χ3n) is 3.55. The van der Waals surface area contributed by atoms with Gasteiger partial charge >= 0.3 is 0 Å². The number of phenolic OH excluding ortho intramolecular Hbond substituents is 2. The van der Waals surface area contributed by atoms with Crippen molar-refractivity contribution in [3.8, 4) is 11.5 Å². The summed E-state index contributed by atoms with van der Waals surface area (Å²) in [5, 5.41) is 28.1. The molecule has 5 nitrogen and oxygen atoms in total. The highest BCUT2D eigenvalue weighted by Crippen LogP contribution is 2.26. The zero-order valence-corrected chi connectivity index (χ0v) is 10.7.